The first-order valence-electron chi connectivity index (χ1n) is 11.0. The summed E-state index contributed by atoms with van der Waals surface area (Å²) in [4.78, 5) is 23.4. The Kier molecular flexibility index (Phi) is 12.6. The molecule has 6 heteroatoms. The maximum absolute atomic E-state index is 12.1. The number of ether oxygens (including phenoxy) is 2. The molecule has 0 aromatic carbocycles. The highest BCUT2D eigenvalue weighted by molar-refractivity contribution is 5.93. The van der Waals surface area contributed by atoms with Crippen molar-refractivity contribution in [3.8, 4) is 0 Å². The Morgan fingerprint density at radius 2 is 1.62 bits per heavy atom. The number of carbonyl (C=O) groups excluding carboxylic acids is 2. The number of hydrogen-bond donors (Lipinski definition) is 2. The van der Waals surface area contributed by atoms with E-state index in [0.717, 1.165) is 18.9 Å². The molecule has 0 aliphatic carbocycles. The van der Waals surface area contributed by atoms with Gasteiger partial charge in [-0.3, -0.25) is 0 Å². The molecule has 0 amide bonds. The lowest BCUT2D eigenvalue weighted by atomic mass is 9.93. The van der Waals surface area contributed by atoms with Crippen LogP contribution in [0.3, 0.4) is 0 Å². The number of methoxy groups -OCH3 is 1. The zero-order chi connectivity index (χ0) is 21.5. The van der Waals surface area contributed by atoms with Crippen LogP contribution >= 0.6 is 0 Å². The zero-order valence-corrected chi connectivity index (χ0v) is 18.0. The molecule has 0 bridgehead atoms. The van der Waals surface area contributed by atoms with Crippen LogP contribution in [0.15, 0.2) is 23.8 Å². The highest BCUT2D eigenvalue weighted by Gasteiger charge is 2.50. The first-order chi connectivity index (χ1) is 14.0. The zero-order valence-electron chi connectivity index (χ0n) is 18.0. The van der Waals surface area contributed by atoms with Crippen molar-refractivity contribution in [3.05, 3.63) is 23.8 Å². The monoisotopic (exact) mass is 410 g/mol. The number of rotatable bonds is 15. The topological polar surface area (TPSA) is 93.1 Å². The van der Waals surface area contributed by atoms with Crippen LogP contribution in [-0.4, -0.2) is 47.6 Å². The molecule has 1 saturated heterocycles. The molecule has 0 unspecified atom stereocenters. The highest BCUT2D eigenvalue weighted by atomic mass is 16.6. The molecule has 2 N–H and O–H groups in total. The summed E-state index contributed by atoms with van der Waals surface area (Å²) >= 11 is 0. The fourth-order valence-electron chi connectivity index (χ4n) is 3.50. The lowest BCUT2D eigenvalue weighted by Gasteiger charge is -2.24. The number of unbranched alkanes of at least 4 members (excludes halogenated alkanes) is 11. The fraction of sp³-hybridized carbons (Fsp3) is 0.739. The van der Waals surface area contributed by atoms with E-state index in [9.17, 15) is 19.8 Å². The lowest BCUT2D eigenvalue weighted by Crippen LogP contribution is -2.41. The Balaban J connectivity index is 2.31. The van der Waals surface area contributed by atoms with Crippen molar-refractivity contribution in [3.63, 3.8) is 0 Å². The van der Waals surface area contributed by atoms with Gasteiger partial charge in [-0.05, 0) is 18.9 Å². The van der Waals surface area contributed by atoms with Gasteiger partial charge in [0, 0.05) is 6.08 Å². The minimum absolute atomic E-state index is 0.139. The largest absolute Gasteiger partial charge is 0.466 e. The van der Waals surface area contributed by atoms with Gasteiger partial charge in [-0.15, -0.1) is 0 Å². The van der Waals surface area contributed by atoms with Crippen LogP contribution in [0.5, 0.6) is 0 Å². The van der Waals surface area contributed by atoms with Gasteiger partial charge >= 0.3 is 11.9 Å². The second-order valence-corrected chi connectivity index (χ2v) is 7.75. The van der Waals surface area contributed by atoms with E-state index in [1.165, 1.54) is 71.0 Å². The molecule has 0 aromatic heterocycles. The van der Waals surface area contributed by atoms with Gasteiger partial charge in [0.05, 0.1) is 19.3 Å². The SMILES string of the molecule is CCCCCCCCCCCCC/C=C1/C(=O)O[C@@](/C=C/C(=O)OC)(CO)[C@@H]1O. The van der Waals surface area contributed by atoms with Gasteiger partial charge in [0.2, 0.25) is 0 Å². The summed E-state index contributed by atoms with van der Waals surface area (Å²) < 4.78 is 9.67. The molecule has 1 heterocycles. The second kappa shape index (κ2) is 14.3. The predicted molar refractivity (Wildman–Crippen MR) is 112 cm³/mol. The average molecular weight is 411 g/mol. The van der Waals surface area contributed by atoms with Crippen LogP contribution in [-0.2, 0) is 19.1 Å². The summed E-state index contributed by atoms with van der Waals surface area (Å²) in [5.74, 6) is -1.32. The third-order valence-electron chi connectivity index (χ3n) is 5.40. The molecule has 29 heavy (non-hydrogen) atoms. The van der Waals surface area contributed by atoms with Crippen molar-refractivity contribution in [1.82, 2.24) is 0 Å². The quantitative estimate of drug-likeness (QED) is 0.241. The van der Waals surface area contributed by atoms with Crippen molar-refractivity contribution in [2.24, 2.45) is 0 Å². The molecule has 1 aliphatic rings. The summed E-state index contributed by atoms with van der Waals surface area (Å²) in [6.07, 6.45) is 17.0. The molecule has 0 saturated carbocycles. The van der Waals surface area contributed by atoms with E-state index < -0.39 is 30.3 Å². The Morgan fingerprint density at radius 1 is 1.07 bits per heavy atom. The Morgan fingerprint density at radius 3 is 2.14 bits per heavy atom. The van der Waals surface area contributed by atoms with Crippen LogP contribution in [0, 0.1) is 0 Å². The standard InChI is InChI=1S/C23H38O6/c1-3-4-5-6-7-8-9-10-11-12-13-14-15-19-21(26)23(18-24,29-22(19)27)17-16-20(25)28-2/h15-17,21,24,26H,3-14,18H2,1-2H3/b17-16+,19-15+/t21-,23+/m1/s1. The van der Waals surface area contributed by atoms with Gasteiger partial charge in [0.25, 0.3) is 0 Å². The lowest BCUT2D eigenvalue weighted by molar-refractivity contribution is -0.149. The van der Waals surface area contributed by atoms with Crippen molar-refractivity contribution < 1.29 is 29.3 Å². The molecule has 0 spiro atoms. The van der Waals surface area contributed by atoms with Crippen LogP contribution in [0.4, 0.5) is 0 Å². The Bertz CT molecular complexity index is 554. The number of allylic oxidation sites excluding steroid dienone is 1. The fourth-order valence-corrected chi connectivity index (χ4v) is 3.50. The van der Waals surface area contributed by atoms with E-state index in [2.05, 4.69) is 11.7 Å². The second-order valence-electron chi connectivity index (χ2n) is 7.75. The molecule has 1 rings (SSSR count). The molecular formula is C23H38O6. The molecule has 1 aliphatic heterocycles. The normalized spacial score (nSPS) is 23.1. The van der Waals surface area contributed by atoms with Crippen molar-refractivity contribution in [2.45, 2.75) is 95.7 Å². The van der Waals surface area contributed by atoms with E-state index in [4.69, 9.17) is 4.74 Å². The Labute approximate surface area is 175 Å². The average Bonchev–Trinajstić information content (AvgIpc) is 2.97. The summed E-state index contributed by atoms with van der Waals surface area (Å²) in [6, 6.07) is 0. The van der Waals surface area contributed by atoms with Gasteiger partial charge < -0.3 is 19.7 Å². The smallest absolute Gasteiger partial charge is 0.337 e. The number of esters is 2. The Hall–Kier alpha value is -1.66. The van der Waals surface area contributed by atoms with Crippen LogP contribution < -0.4 is 0 Å². The highest BCUT2D eigenvalue weighted by Crippen LogP contribution is 2.33. The van der Waals surface area contributed by atoms with Crippen LogP contribution in [0.1, 0.15) is 84.0 Å². The third kappa shape index (κ3) is 8.70. The van der Waals surface area contributed by atoms with E-state index in [1.807, 2.05) is 0 Å². The summed E-state index contributed by atoms with van der Waals surface area (Å²) in [6.45, 7) is 1.61. The van der Waals surface area contributed by atoms with Crippen molar-refractivity contribution in [2.75, 3.05) is 13.7 Å². The molecule has 0 radical (unpaired) electrons. The van der Waals surface area contributed by atoms with Gasteiger partial charge in [0.1, 0.15) is 6.10 Å². The van der Waals surface area contributed by atoms with Gasteiger partial charge in [-0.25, -0.2) is 9.59 Å². The number of aliphatic hydroxyl groups is 2. The minimum atomic E-state index is -1.63. The number of carbonyl (C=O) groups is 2. The maximum atomic E-state index is 12.1. The van der Waals surface area contributed by atoms with Crippen LogP contribution in [0.25, 0.3) is 0 Å². The molecular weight excluding hydrogens is 372 g/mol. The van der Waals surface area contributed by atoms with Crippen molar-refractivity contribution in [1.29, 1.82) is 0 Å². The van der Waals surface area contributed by atoms with Crippen molar-refractivity contribution >= 4 is 11.9 Å². The van der Waals surface area contributed by atoms with E-state index in [0.29, 0.717) is 6.42 Å². The first-order valence-corrected chi connectivity index (χ1v) is 11.0. The molecule has 1 fully saturated rings. The number of cyclic esters (lactones) is 1. The van der Waals surface area contributed by atoms with E-state index in [1.54, 1.807) is 6.08 Å². The number of aliphatic hydroxyl groups excluding tert-OH is 2. The molecule has 2 atom stereocenters. The van der Waals surface area contributed by atoms with Crippen LogP contribution in [0.2, 0.25) is 0 Å². The van der Waals surface area contributed by atoms with Gasteiger partial charge in [0.15, 0.2) is 5.60 Å². The molecule has 6 nitrogen and oxygen atoms in total. The molecule has 0 aromatic rings. The minimum Gasteiger partial charge on any atom is -0.466 e. The van der Waals surface area contributed by atoms with E-state index in [-0.39, 0.29) is 5.57 Å². The first kappa shape index (κ1) is 25.4. The number of hydrogen-bond acceptors (Lipinski definition) is 6. The summed E-state index contributed by atoms with van der Waals surface area (Å²) in [7, 11) is 1.22. The summed E-state index contributed by atoms with van der Waals surface area (Å²) in [5, 5.41) is 20.1. The molecule has 166 valence electrons. The maximum Gasteiger partial charge on any atom is 0.337 e. The van der Waals surface area contributed by atoms with E-state index >= 15 is 0 Å². The van der Waals surface area contributed by atoms with Gasteiger partial charge in [-0.2, -0.15) is 0 Å². The third-order valence-corrected chi connectivity index (χ3v) is 5.40. The predicted octanol–water partition coefficient (Wildman–Crippen LogP) is 3.99. The summed E-state index contributed by atoms with van der Waals surface area (Å²) in [5.41, 5.74) is -1.49. The van der Waals surface area contributed by atoms with Gasteiger partial charge in [-0.1, -0.05) is 77.2 Å².